The highest BCUT2D eigenvalue weighted by molar-refractivity contribution is 6.07. The number of piperidine rings is 1. The first-order valence-corrected chi connectivity index (χ1v) is 10.0. The van der Waals surface area contributed by atoms with Crippen molar-refractivity contribution in [2.45, 2.75) is 26.7 Å². The highest BCUT2D eigenvalue weighted by Crippen LogP contribution is 2.34. The Morgan fingerprint density at radius 2 is 1.93 bits per heavy atom. The third-order valence-corrected chi connectivity index (χ3v) is 5.54. The summed E-state index contributed by atoms with van der Waals surface area (Å²) in [5.41, 5.74) is 3.58. The molecule has 1 aromatic carbocycles. The highest BCUT2D eigenvalue weighted by atomic mass is 16.5. The van der Waals surface area contributed by atoms with E-state index in [0.717, 1.165) is 48.4 Å². The van der Waals surface area contributed by atoms with Crippen LogP contribution in [0.1, 0.15) is 35.8 Å². The van der Waals surface area contributed by atoms with E-state index in [1.807, 2.05) is 48.2 Å². The SMILES string of the molecule is COc1ccccc1Nc1c(C(=O)N2CCC(C)CC2)cnc2nc(C)ccc12. The number of aryl methyl sites for hydroxylation is 1. The molecule has 3 aromatic rings. The molecule has 1 N–H and O–H groups in total. The number of carbonyl (C=O) groups excluding carboxylic acids is 1. The molecule has 1 amide bonds. The average molecular weight is 390 g/mol. The van der Waals surface area contributed by atoms with Crippen molar-refractivity contribution in [2.75, 3.05) is 25.5 Å². The number of pyridine rings is 2. The number of fused-ring (bicyclic) bond motifs is 1. The number of amides is 1. The van der Waals surface area contributed by atoms with Crippen LogP contribution in [0.4, 0.5) is 11.4 Å². The summed E-state index contributed by atoms with van der Waals surface area (Å²) in [5.74, 6) is 1.37. The smallest absolute Gasteiger partial charge is 0.257 e. The van der Waals surface area contributed by atoms with E-state index in [4.69, 9.17) is 4.74 Å². The minimum Gasteiger partial charge on any atom is -0.495 e. The van der Waals surface area contributed by atoms with Gasteiger partial charge in [0, 0.05) is 30.4 Å². The summed E-state index contributed by atoms with van der Waals surface area (Å²) in [5, 5.41) is 4.25. The predicted molar refractivity (Wildman–Crippen MR) is 115 cm³/mol. The fourth-order valence-corrected chi connectivity index (χ4v) is 3.73. The Morgan fingerprint density at radius 1 is 1.17 bits per heavy atom. The third-order valence-electron chi connectivity index (χ3n) is 5.54. The quantitative estimate of drug-likeness (QED) is 0.707. The molecule has 6 nitrogen and oxygen atoms in total. The molecule has 3 heterocycles. The molecule has 0 aliphatic carbocycles. The zero-order valence-electron chi connectivity index (χ0n) is 17.1. The molecule has 0 spiro atoms. The number of methoxy groups -OCH3 is 1. The average Bonchev–Trinajstić information content (AvgIpc) is 2.74. The number of benzene rings is 1. The summed E-state index contributed by atoms with van der Waals surface area (Å²) in [6.07, 6.45) is 3.71. The number of aromatic nitrogens is 2. The number of nitrogens with zero attached hydrogens (tertiary/aromatic N) is 3. The Bertz CT molecular complexity index is 1040. The molecule has 0 saturated carbocycles. The summed E-state index contributed by atoms with van der Waals surface area (Å²) < 4.78 is 5.49. The molecule has 4 rings (SSSR count). The second-order valence-electron chi connectivity index (χ2n) is 7.67. The van der Waals surface area contributed by atoms with Crippen LogP contribution in [-0.2, 0) is 0 Å². The monoisotopic (exact) mass is 390 g/mol. The van der Waals surface area contributed by atoms with Gasteiger partial charge < -0.3 is 15.0 Å². The highest BCUT2D eigenvalue weighted by Gasteiger charge is 2.25. The van der Waals surface area contributed by atoms with Crippen molar-refractivity contribution in [2.24, 2.45) is 5.92 Å². The molecule has 0 radical (unpaired) electrons. The van der Waals surface area contributed by atoms with Gasteiger partial charge in [0.05, 0.1) is 24.0 Å². The van der Waals surface area contributed by atoms with Gasteiger partial charge in [-0.3, -0.25) is 4.79 Å². The lowest BCUT2D eigenvalue weighted by Crippen LogP contribution is -2.38. The first kappa shape index (κ1) is 19.2. The van der Waals surface area contributed by atoms with Crippen molar-refractivity contribution in [1.82, 2.24) is 14.9 Å². The number of nitrogens with one attached hydrogen (secondary N) is 1. The summed E-state index contributed by atoms with van der Waals surface area (Å²) in [4.78, 5) is 24.3. The predicted octanol–water partition coefficient (Wildman–Crippen LogP) is 4.56. The molecular formula is C23H26N4O2. The van der Waals surface area contributed by atoms with Gasteiger partial charge in [0.2, 0.25) is 0 Å². The number of hydrogen-bond donors (Lipinski definition) is 1. The van der Waals surface area contributed by atoms with E-state index in [-0.39, 0.29) is 5.91 Å². The van der Waals surface area contributed by atoms with Crippen molar-refractivity contribution in [3.63, 3.8) is 0 Å². The normalized spacial score (nSPS) is 14.8. The Labute approximate surface area is 170 Å². The van der Waals surface area contributed by atoms with E-state index < -0.39 is 0 Å². The van der Waals surface area contributed by atoms with Crippen LogP contribution in [0.5, 0.6) is 5.75 Å². The molecule has 29 heavy (non-hydrogen) atoms. The fourth-order valence-electron chi connectivity index (χ4n) is 3.73. The zero-order chi connectivity index (χ0) is 20.4. The van der Waals surface area contributed by atoms with Crippen molar-refractivity contribution < 1.29 is 9.53 Å². The van der Waals surface area contributed by atoms with Crippen LogP contribution >= 0.6 is 0 Å². The molecule has 0 unspecified atom stereocenters. The van der Waals surface area contributed by atoms with Gasteiger partial charge in [-0.2, -0.15) is 0 Å². The minimum atomic E-state index is 0.00396. The first-order valence-electron chi connectivity index (χ1n) is 10.0. The topological polar surface area (TPSA) is 67.3 Å². The molecular weight excluding hydrogens is 364 g/mol. The van der Waals surface area contributed by atoms with E-state index >= 15 is 0 Å². The molecule has 1 saturated heterocycles. The van der Waals surface area contributed by atoms with Crippen molar-refractivity contribution in [3.8, 4) is 5.75 Å². The van der Waals surface area contributed by atoms with Crippen LogP contribution in [0, 0.1) is 12.8 Å². The number of para-hydroxylation sites is 2. The van der Waals surface area contributed by atoms with Crippen LogP contribution in [0.3, 0.4) is 0 Å². The first-order chi connectivity index (χ1) is 14.1. The van der Waals surface area contributed by atoms with Gasteiger partial charge in [-0.15, -0.1) is 0 Å². The zero-order valence-corrected chi connectivity index (χ0v) is 17.1. The number of anilines is 2. The molecule has 0 atom stereocenters. The maximum absolute atomic E-state index is 13.4. The molecule has 2 aromatic heterocycles. The molecule has 1 fully saturated rings. The summed E-state index contributed by atoms with van der Waals surface area (Å²) >= 11 is 0. The number of hydrogen-bond acceptors (Lipinski definition) is 5. The van der Waals surface area contributed by atoms with Gasteiger partial charge in [0.1, 0.15) is 5.75 Å². The lowest BCUT2D eigenvalue weighted by molar-refractivity contribution is 0.0698. The van der Waals surface area contributed by atoms with Crippen molar-refractivity contribution >= 4 is 28.3 Å². The molecule has 150 valence electrons. The van der Waals surface area contributed by atoms with E-state index in [0.29, 0.717) is 22.9 Å². The largest absolute Gasteiger partial charge is 0.495 e. The lowest BCUT2D eigenvalue weighted by atomic mass is 9.98. The maximum Gasteiger partial charge on any atom is 0.257 e. The van der Waals surface area contributed by atoms with E-state index in [1.54, 1.807) is 13.3 Å². The van der Waals surface area contributed by atoms with Crippen LogP contribution < -0.4 is 10.1 Å². The number of carbonyl (C=O) groups is 1. The second-order valence-corrected chi connectivity index (χ2v) is 7.67. The summed E-state index contributed by atoms with van der Waals surface area (Å²) in [6.45, 7) is 5.72. The van der Waals surface area contributed by atoms with Crippen molar-refractivity contribution in [1.29, 1.82) is 0 Å². The molecule has 0 bridgehead atoms. The Morgan fingerprint density at radius 3 is 2.69 bits per heavy atom. The van der Waals surface area contributed by atoms with E-state index in [1.165, 1.54) is 0 Å². The van der Waals surface area contributed by atoms with Crippen LogP contribution in [0.25, 0.3) is 11.0 Å². The van der Waals surface area contributed by atoms with Crippen LogP contribution in [0.2, 0.25) is 0 Å². The van der Waals surface area contributed by atoms with Gasteiger partial charge in [-0.1, -0.05) is 19.1 Å². The number of ether oxygens (including phenoxy) is 1. The Hall–Kier alpha value is -3.15. The van der Waals surface area contributed by atoms with Gasteiger partial charge in [-0.05, 0) is 49.9 Å². The van der Waals surface area contributed by atoms with Gasteiger partial charge in [-0.25, -0.2) is 9.97 Å². The number of rotatable bonds is 4. The van der Waals surface area contributed by atoms with Gasteiger partial charge in [0.25, 0.3) is 5.91 Å². The van der Waals surface area contributed by atoms with E-state index in [9.17, 15) is 4.79 Å². The summed E-state index contributed by atoms with van der Waals surface area (Å²) in [6, 6.07) is 11.6. The second kappa shape index (κ2) is 8.07. The fraction of sp³-hybridized carbons (Fsp3) is 0.348. The Balaban J connectivity index is 1.80. The van der Waals surface area contributed by atoms with Gasteiger partial charge in [0.15, 0.2) is 5.65 Å². The minimum absolute atomic E-state index is 0.00396. The van der Waals surface area contributed by atoms with Crippen molar-refractivity contribution in [3.05, 3.63) is 53.9 Å². The summed E-state index contributed by atoms with van der Waals surface area (Å²) in [7, 11) is 1.64. The van der Waals surface area contributed by atoms with Crippen LogP contribution in [0.15, 0.2) is 42.6 Å². The van der Waals surface area contributed by atoms with E-state index in [2.05, 4.69) is 22.2 Å². The standard InChI is InChI=1S/C23H26N4O2/c1-15-10-12-27(13-11-15)23(28)18-14-24-22-17(9-8-16(2)25-22)21(18)26-19-6-4-5-7-20(19)29-3/h4-9,14-15H,10-13H2,1-3H3,(H,24,25,26). The molecule has 6 heteroatoms. The number of likely N-dealkylation sites (tertiary alicyclic amines) is 1. The van der Waals surface area contributed by atoms with Crippen LogP contribution in [-0.4, -0.2) is 41.0 Å². The molecule has 1 aliphatic rings. The maximum atomic E-state index is 13.4. The molecule has 1 aliphatic heterocycles. The van der Waals surface area contributed by atoms with Gasteiger partial charge >= 0.3 is 0 Å². The lowest BCUT2D eigenvalue weighted by Gasteiger charge is -2.31. The third kappa shape index (κ3) is 3.88. The Kier molecular flexibility index (Phi) is 5.34.